The SMILES string of the molecule is O=C1C[C@H]2CN(C(=O)c3cccc4c(-c5ccc6nc[nH]c6c5)cccc34)C[C@H]2N1. The fraction of sp³-hybridized carbons (Fsp3) is 0.208. The molecule has 0 unspecified atom stereocenters. The van der Waals surface area contributed by atoms with Gasteiger partial charge in [0.15, 0.2) is 0 Å². The van der Waals surface area contributed by atoms with Crippen LogP contribution in [0.15, 0.2) is 60.9 Å². The summed E-state index contributed by atoms with van der Waals surface area (Å²) >= 11 is 0. The number of imidazole rings is 1. The van der Waals surface area contributed by atoms with E-state index in [1.54, 1.807) is 6.33 Å². The summed E-state index contributed by atoms with van der Waals surface area (Å²) < 4.78 is 0. The van der Waals surface area contributed by atoms with Crippen LogP contribution in [0.5, 0.6) is 0 Å². The van der Waals surface area contributed by atoms with Gasteiger partial charge in [0, 0.05) is 31.0 Å². The molecule has 6 rings (SSSR count). The Morgan fingerprint density at radius 1 is 1.03 bits per heavy atom. The number of rotatable bonds is 2. The van der Waals surface area contributed by atoms with Crippen LogP contribution in [0.4, 0.5) is 0 Å². The summed E-state index contributed by atoms with van der Waals surface area (Å²) in [7, 11) is 0. The number of hydrogen-bond acceptors (Lipinski definition) is 3. The normalized spacial score (nSPS) is 20.7. The second kappa shape index (κ2) is 6.42. The van der Waals surface area contributed by atoms with Gasteiger partial charge in [0.25, 0.3) is 5.91 Å². The van der Waals surface area contributed by atoms with E-state index in [1.165, 1.54) is 0 Å². The van der Waals surface area contributed by atoms with Gasteiger partial charge in [0.1, 0.15) is 0 Å². The number of fused-ring (bicyclic) bond motifs is 3. The van der Waals surface area contributed by atoms with Gasteiger partial charge in [-0.25, -0.2) is 4.98 Å². The quantitative estimate of drug-likeness (QED) is 0.545. The molecule has 2 atom stereocenters. The van der Waals surface area contributed by atoms with Crippen molar-refractivity contribution in [2.45, 2.75) is 12.5 Å². The lowest BCUT2D eigenvalue weighted by Gasteiger charge is -2.19. The lowest BCUT2D eigenvalue weighted by Crippen LogP contribution is -2.35. The third-order valence-corrected chi connectivity index (χ3v) is 6.41. The Balaban J connectivity index is 1.40. The second-order valence-corrected chi connectivity index (χ2v) is 8.19. The minimum Gasteiger partial charge on any atom is -0.351 e. The van der Waals surface area contributed by atoms with Crippen LogP contribution in [-0.2, 0) is 4.79 Å². The molecule has 0 bridgehead atoms. The molecule has 2 amide bonds. The number of nitrogens with one attached hydrogen (secondary N) is 2. The van der Waals surface area contributed by atoms with E-state index in [-0.39, 0.29) is 23.8 Å². The average molecular weight is 396 g/mol. The molecule has 30 heavy (non-hydrogen) atoms. The van der Waals surface area contributed by atoms with Crippen molar-refractivity contribution in [2.75, 3.05) is 13.1 Å². The van der Waals surface area contributed by atoms with E-state index < -0.39 is 0 Å². The van der Waals surface area contributed by atoms with Crippen molar-refractivity contribution in [3.8, 4) is 11.1 Å². The van der Waals surface area contributed by atoms with E-state index in [2.05, 4.69) is 39.6 Å². The Bertz CT molecular complexity index is 1310. The standard InChI is InChI=1S/C24H20N4O2/c29-23-10-15-11-28(12-22(15)27-23)24(30)19-6-2-4-17-16(3-1-5-18(17)19)14-7-8-20-21(9-14)26-13-25-20/h1-9,13,15,22H,10-12H2,(H,25,26)(H,27,29)/t15-,22+/m0/s1. The van der Waals surface area contributed by atoms with Gasteiger partial charge in [-0.3, -0.25) is 9.59 Å². The third-order valence-electron chi connectivity index (χ3n) is 6.41. The summed E-state index contributed by atoms with van der Waals surface area (Å²) in [6.07, 6.45) is 2.21. The second-order valence-electron chi connectivity index (χ2n) is 8.19. The first kappa shape index (κ1) is 17.2. The van der Waals surface area contributed by atoms with Crippen LogP contribution < -0.4 is 5.32 Å². The molecule has 2 fully saturated rings. The minimum atomic E-state index is 0.0328. The van der Waals surface area contributed by atoms with Gasteiger partial charge in [-0.05, 0) is 40.1 Å². The van der Waals surface area contributed by atoms with E-state index >= 15 is 0 Å². The van der Waals surface area contributed by atoms with Crippen LogP contribution in [0.25, 0.3) is 32.9 Å². The number of H-pyrrole nitrogens is 1. The molecule has 0 spiro atoms. The van der Waals surface area contributed by atoms with Crippen LogP contribution in [0.2, 0.25) is 0 Å². The summed E-state index contributed by atoms with van der Waals surface area (Å²) in [6, 6.07) is 18.3. The Kier molecular flexibility index (Phi) is 3.68. The number of nitrogens with zero attached hydrogens (tertiary/aromatic N) is 2. The maximum Gasteiger partial charge on any atom is 0.254 e. The summed E-state index contributed by atoms with van der Waals surface area (Å²) in [6.45, 7) is 1.22. The minimum absolute atomic E-state index is 0.0328. The predicted molar refractivity (Wildman–Crippen MR) is 115 cm³/mol. The monoisotopic (exact) mass is 396 g/mol. The molecule has 0 aliphatic carbocycles. The van der Waals surface area contributed by atoms with Crippen LogP contribution >= 0.6 is 0 Å². The molecule has 2 aliphatic heterocycles. The molecule has 148 valence electrons. The zero-order valence-corrected chi connectivity index (χ0v) is 16.3. The smallest absolute Gasteiger partial charge is 0.254 e. The number of likely N-dealkylation sites (tertiary alicyclic amines) is 1. The molecule has 0 saturated carbocycles. The van der Waals surface area contributed by atoms with Gasteiger partial charge in [0.05, 0.1) is 23.4 Å². The lowest BCUT2D eigenvalue weighted by atomic mass is 9.95. The molecule has 6 nitrogen and oxygen atoms in total. The van der Waals surface area contributed by atoms with Gasteiger partial charge in [0.2, 0.25) is 5.91 Å². The first-order chi connectivity index (χ1) is 14.7. The third kappa shape index (κ3) is 2.60. The lowest BCUT2D eigenvalue weighted by molar-refractivity contribution is -0.119. The van der Waals surface area contributed by atoms with Crippen molar-refractivity contribution in [3.63, 3.8) is 0 Å². The fourth-order valence-electron chi connectivity index (χ4n) is 4.93. The number of amides is 2. The zero-order chi connectivity index (χ0) is 20.2. The highest BCUT2D eigenvalue weighted by atomic mass is 16.2. The molecule has 0 radical (unpaired) electrons. The van der Waals surface area contributed by atoms with E-state index in [0.717, 1.165) is 32.9 Å². The number of hydrogen-bond donors (Lipinski definition) is 2. The number of carbonyl (C=O) groups excluding carboxylic acids is 2. The Hall–Kier alpha value is -3.67. The summed E-state index contributed by atoms with van der Waals surface area (Å²) in [4.78, 5) is 34.3. The molecule has 6 heteroatoms. The number of benzene rings is 3. The van der Waals surface area contributed by atoms with E-state index in [0.29, 0.717) is 25.1 Å². The van der Waals surface area contributed by atoms with Gasteiger partial charge in [-0.15, -0.1) is 0 Å². The summed E-state index contributed by atoms with van der Waals surface area (Å²) in [5, 5.41) is 4.99. The molecule has 2 N–H and O–H groups in total. The molecular formula is C24H20N4O2. The fourth-order valence-corrected chi connectivity index (χ4v) is 4.93. The Labute approximate surface area is 172 Å². The van der Waals surface area contributed by atoms with Crippen LogP contribution in [0.1, 0.15) is 16.8 Å². The largest absolute Gasteiger partial charge is 0.351 e. The first-order valence-corrected chi connectivity index (χ1v) is 10.2. The van der Waals surface area contributed by atoms with E-state index in [1.807, 2.05) is 35.2 Å². The van der Waals surface area contributed by atoms with E-state index in [4.69, 9.17) is 0 Å². The molecule has 3 heterocycles. The predicted octanol–water partition coefficient (Wildman–Crippen LogP) is 3.34. The van der Waals surface area contributed by atoms with Crippen LogP contribution in [0.3, 0.4) is 0 Å². The molecule has 3 aromatic carbocycles. The summed E-state index contributed by atoms with van der Waals surface area (Å²) in [5.41, 5.74) is 4.80. The van der Waals surface area contributed by atoms with Crippen molar-refractivity contribution < 1.29 is 9.59 Å². The van der Waals surface area contributed by atoms with Gasteiger partial charge < -0.3 is 15.2 Å². The van der Waals surface area contributed by atoms with Gasteiger partial charge in [-0.2, -0.15) is 0 Å². The van der Waals surface area contributed by atoms with Crippen molar-refractivity contribution in [2.24, 2.45) is 5.92 Å². The number of aromatic amines is 1. The van der Waals surface area contributed by atoms with Crippen molar-refractivity contribution in [1.29, 1.82) is 0 Å². The maximum absolute atomic E-state index is 13.4. The zero-order valence-electron chi connectivity index (χ0n) is 16.3. The van der Waals surface area contributed by atoms with E-state index in [9.17, 15) is 9.59 Å². The highest BCUT2D eigenvalue weighted by Crippen LogP contribution is 2.33. The molecular weight excluding hydrogens is 376 g/mol. The molecule has 4 aromatic rings. The Morgan fingerprint density at radius 2 is 1.90 bits per heavy atom. The van der Waals surface area contributed by atoms with Crippen molar-refractivity contribution >= 4 is 33.6 Å². The summed E-state index contributed by atoms with van der Waals surface area (Å²) in [5.74, 6) is 0.361. The maximum atomic E-state index is 13.4. The highest BCUT2D eigenvalue weighted by Gasteiger charge is 2.41. The number of aromatic nitrogens is 2. The van der Waals surface area contributed by atoms with Crippen LogP contribution in [0, 0.1) is 5.92 Å². The topological polar surface area (TPSA) is 78.1 Å². The first-order valence-electron chi connectivity index (χ1n) is 10.2. The Morgan fingerprint density at radius 3 is 2.80 bits per heavy atom. The molecule has 2 aliphatic rings. The molecule has 2 saturated heterocycles. The average Bonchev–Trinajstić information content (AvgIpc) is 3.46. The molecule has 1 aromatic heterocycles. The van der Waals surface area contributed by atoms with Gasteiger partial charge in [-0.1, -0.05) is 36.4 Å². The van der Waals surface area contributed by atoms with Crippen LogP contribution in [-0.4, -0.2) is 45.8 Å². The number of carbonyl (C=O) groups is 2. The van der Waals surface area contributed by atoms with Gasteiger partial charge >= 0.3 is 0 Å². The van der Waals surface area contributed by atoms with Crippen molar-refractivity contribution in [3.05, 3.63) is 66.5 Å². The highest BCUT2D eigenvalue weighted by molar-refractivity contribution is 6.11. The van der Waals surface area contributed by atoms with Crippen molar-refractivity contribution in [1.82, 2.24) is 20.2 Å².